The molecule has 1 saturated heterocycles. The van der Waals surface area contributed by atoms with Crippen molar-refractivity contribution in [1.82, 2.24) is 0 Å². The minimum atomic E-state index is -0.461. The standard InChI is InChI=1S/C18H18BrNO5/c1-8-4-10(2-3-12(8)19)20-14(21)7-24-17(22)15-9-5-11-13(6-9)25-18(23)16(11)15/h2-4,9,11,13,15-16H,5-7H2,1H3,(H,20,21)/t9-,11-,13-,15+,16+/m1/s1. The first kappa shape index (κ1) is 16.6. The summed E-state index contributed by atoms with van der Waals surface area (Å²) in [5, 5.41) is 2.70. The Kier molecular flexibility index (Phi) is 4.06. The fourth-order valence-corrected chi connectivity index (χ4v) is 4.72. The monoisotopic (exact) mass is 407 g/mol. The van der Waals surface area contributed by atoms with Gasteiger partial charge in [0.15, 0.2) is 6.61 Å². The Balaban J connectivity index is 1.34. The molecule has 1 N–H and O–H groups in total. The van der Waals surface area contributed by atoms with Crippen LogP contribution in [-0.2, 0) is 23.9 Å². The van der Waals surface area contributed by atoms with Gasteiger partial charge in [-0.3, -0.25) is 14.4 Å². The first-order valence-corrected chi connectivity index (χ1v) is 9.16. The summed E-state index contributed by atoms with van der Waals surface area (Å²) in [5.41, 5.74) is 1.63. The first-order chi connectivity index (χ1) is 11.9. The third-order valence-corrected chi connectivity index (χ3v) is 6.43. The third kappa shape index (κ3) is 2.84. The van der Waals surface area contributed by atoms with Gasteiger partial charge in [0.2, 0.25) is 0 Å². The van der Waals surface area contributed by atoms with E-state index >= 15 is 0 Å². The molecule has 0 unspecified atom stereocenters. The predicted octanol–water partition coefficient (Wildman–Crippen LogP) is 2.44. The van der Waals surface area contributed by atoms with E-state index in [0.717, 1.165) is 22.9 Å². The SMILES string of the molecule is Cc1cc(NC(=O)COC(=O)[C@H]2[C@@H]3C[C@H]4[C@@H]2C(=O)O[C@@H]4C3)ccc1Br. The Bertz CT molecular complexity index is 762. The highest BCUT2D eigenvalue weighted by atomic mass is 79.9. The molecule has 2 aliphatic carbocycles. The number of anilines is 1. The topological polar surface area (TPSA) is 81.7 Å². The van der Waals surface area contributed by atoms with Gasteiger partial charge in [-0.25, -0.2) is 0 Å². The number of benzene rings is 1. The molecular formula is C18H18BrNO5. The summed E-state index contributed by atoms with van der Waals surface area (Å²) < 4.78 is 11.5. The van der Waals surface area contributed by atoms with Crippen LogP contribution in [0.15, 0.2) is 22.7 Å². The van der Waals surface area contributed by atoms with Gasteiger partial charge >= 0.3 is 11.9 Å². The van der Waals surface area contributed by atoms with E-state index in [0.29, 0.717) is 5.69 Å². The number of aryl methyl sites for hydroxylation is 1. The number of hydrogen-bond acceptors (Lipinski definition) is 5. The number of nitrogens with one attached hydrogen (secondary N) is 1. The summed E-state index contributed by atoms with van der Waals surface area (Å²) in [6.07, 6.45) is 1.55. The maximum absolute atomic E-state index is 12.4. The van der Waals surface area contributed by atoms with Crippen LogP contribution in [0.25, 0.3) is 0 Å². The van der Waals surface area contributed by atoms with Crippen molar-refractivity contribution in [2.24, 2.45) is 23.7 Å². The van der Waals surface area contributed by atoms with E-state index in [2.05, 4.69) is 21.2 Å². The van der Waals surface area contributed by atoms with Crippen LogP contribution >= 0.6 is 15.9 Å². The van der Waals surface area contributed by atoms with Crippen LogP contribution in [-0.4, -0.2) is 30.6 Å². The maximum Gasteiger partial charge on any atom is 0.310 e. The van der Waals surface area contributed by atoms with Gasteiger partial charge in [0.05, 0.1) is 11.8 Å². The van der Waals surface area contributed by atoms with E-state index in [1.54, 1.807) is 6.07 Å². The van der Waals surface area contributed by atoms with Crippen LogP contribution < -0.4 is 5.32 Å². The molecule has 0 aromatic heterocycles. The maximum atomic E-state index is 12.4. The summed E-state index contributed by atoms with van der Waals surface area (Å²) in [6, 6.07) is 5.43. The Morgan fingerprint density at radius 1 is 1.36 bits per heavy atom. The molecule has 1 aromatic rings. The zero-order chi connectivity index (χ0) is 17.7. The summed E-state index contributed by atoms with van der Waals surface area (Å²) in [4.78, 5) is 36.4. The second-order valence-corrected chi connectivity index (χ2v) is 7.90. The van der Waals surface area contributed by atoms with Gasteiger partial charge in [0, 0.05) is 16.1 Å². The molecule has 7 heteroatoms. The number of carbonyl (C=O) groups excluding carboxylic acids is 3. The Morgan fingerprint density at radius 2 is 2.16 bits per heavy atom. The summed E-state index contributed by atoms with van der Waals surface area (Å²) in [7, 11) is 0. The Morgan fingerprint density at radius 3 is 2.92 bits per heavy atom. The lowest BCUT2D eigenvalue weighted by atomic mass is 9.80. The minimum Gasteiger partial charge on any atom is -0.462 e. The van der Waals surface area contributed by atoms with Crippen molar-refractivity contribution in [1.29, 1.82) is 0 Å². The number of rotatable bonds is 4. The minimum absolute atomic E-state index is 0.0181. The highest BCUT2D eigenvalue weighted by Gasteiger charge is 2.64. The van der Waals surface area contributed by atoms with Crippen LogP contribution in [0.4, 0.5) is 5.69 Å². The summed E-state index contributed by atoms with van der Waals surface area (Å²) >= 11 is 3.40. The smallest absolute Gasteiger partial charge is 0.310 e. The van der Waals surface area contributed by atoms with Gasteiger partial charge < -0.3 is 14.8 Å². The van der Waals surface area contributed by atoms with Gasteiger partial charge in [0.25, 0.3) is 5.91 Å². The molecule has 4 rings (SSSR count). The summed E-state index contributed by atoms with van der Waals surface area (Å²) in [6.45, 7) is 1.57. The second kappa shape index (κ2) is 6.12. The molecule has 6 nitrogen and oxygen atoms in total. The molecule has 2 saturated carbocycles. The lowest BCUT2D eigenvalue weighted by molar-refractivity contribution is -0.157. The number of ether oxygens (including phenoxy) is 2. The number of amides is 1. The molecule has 132 valence electrons. The number of esters is 2. The van der Waals surface area contributed by atoms with Crippen molar-refractivity contribution in [2.45, 2.75) is 25.9 Å². The van der Waals surface area contributed by atoms with Crippen LogP contribution in [0.5, 0.6) is 0 Å². The fraction of sp³-hybridized carbons (Fsp3) is 0.500. The number of carbonyl (C=O) groups is 3. The number of halogens is 1. The second-order valence-electron chi connectivity index (χ2n) is 7.04. The first-order valence-electron chi connectivity index (χ1n) is 8.37. The zero-order valence-corrected chi connectivity index (χ0v) is 15.2. The molecule has 1 heterocycles. The van der Waals surface area contributed by atoms with Crippen LogP contribution in [0.1, 0.15) is 18.4 Å². The van der Waals surface area contributed by atoms with Crippen molar-refractivity contribution in [2.75, 3.05) is 11.9 Å². The Labute approximate surface area is 153 Å². The van der Waals surface area contributed by atoms with E-state index in [4.69, 9.17) is 9.47 Å². The highest BCUT2D eigenvalue weighted by molar-refractivity contribution is 9.10. The van der Waals surface area contributed by atoms with Crippen molar-refractivity contribution in [3.8, 4) is 0 Å². The molecular weight excluding hydrogens is 390 g/mol. The van der Waals surface area contributed by atoms with E-state index in [9.17, 15) is 14.4 Å². The van der Waals surface area contributed by atoms with Crippen LogP contribution in [0.3, 0.4) is 0 Å². The normalized spacial score (nSPS) is 31.8. The molecule has 3 aliphatic rings. The van der Waals surface area contributed by atoms with E-state index in [1.165, 1.54) is 0 Å². The molecule has 2 bridgehead atoms. The Hall–Kier alpha value is -1.89. The molecule has 25 heavy (non-hydrogen) atoms. The lowest BCUT2D eigenvalue weighted by Gasteiger charge is -2.22. The van der Waals surface area contributed by atoms with E-state index in [1.807, 2.05) is 19.1 Å². The molecule has 1 amide bonds. The van der Waals surface area contributed by atoms with Crippen molar-refractivity contribution in [3.05, 3.63) is 28.2 Å². The summed E-state index contributed by atoms with van der Waals surface area (Å²) in [5.74, 6) is -1.70. The highest BCUT2D eigenvalue weighted by Crippen LogP contribution is 2.57. The van der Waals surface area contributed by atoms with Gasteiger partial charge in [-0.15, -0.1) is 0 Å². The molecule has 1 aliphatic heterocycles. The molecule has 1 aromatic carbocycles. The van der Waals surface area contributed by atoms with E-state index < -0.39 is 17.8 Å². The average molecular weight is 408 g/mol. The lowest BCUT2D eigenvalue weighted by Crippen LogP contribution is -2.34. The van der Waals surface area contributed by atoms with Crippen molar-refractivity contribution in [3.63, 3.8) is 0 Å². The van der Waals surface area contributed by atoms with Gasteiger partial charge in [0.1, 0.15) is 6.10 Å². The van der Waals surface area contributed by atoms with Crippen LogP contribution in [0.2, 0.25) is 0 Å². The molecule has 0 radical (unpaired) electrons. The van der Waals surface area contributed by atoms with Crippen LogP contribution in [0, 0.1) is 30.6 Å². The van der Waals surface area contributed by atoms with Crippen molar-refractivity contribution < 1.29 is 23.9 Å². The molecule has 0 spiro atoms. The van der Waals surface area contributed by atoms with Gasteiger partial charge in [-0.2, -0.15) is 0 Å². The average Bonchev–Trinajstić information content (AvgIpc) is 3.18. The third-order valence-electron chi connectivity index (χ3n) is 5.54. The zero-order valence-electron chi connectivity index (χ0n) is 13.7. The van der Waals surface area contributed by atoms with Gasteiger partial charge in [-0.1, -0.05) is 15.9 Å². The molecule has 5 atom stereocenters. The quantitative estimate of drug-likeness (QED) is 0.775. The number of fused-ring (bicyclic) bond motifs is 1. The van der Waals surface area contributed by atoms with Gasteiger partial charge in [-0.05, 0) is 49.4 Å². The molecule has 3 fully saturated rings. The van der Waals surface area contributed by atoms with E-state index in [-0.39, 0.29) is 36.4 Å². The predicted molar refractivity (Wildman–Crippen MR) is 91.5 cm³/mol. The largest absolute Gasteiger partial charge is 0.462 e. The van der Waals surface area contributed by atoms with Crippen molar-refractivity contribution >= 4 is 39.5 Å². The number of hydrogen-bond donors (Lipinski definition) is 1. The fourth-order valence-electron chi connectivity index (χ4n) is 4.48.